The van der Waals surface area contributed by atoms with Gasteiger partial charge in [0.2, 0.25) is 0 Å². The highest BCUT2D eigenvalue weighted by molar-refractivity contribution is 6.34. The van der Waals surface area contributed by atoms with E-state index in [2.05, 4.69) is 11.8 Å². The Balaban J connectivity index is 2.14. The van der Waals surface area contributed by atoms with Gasteiger partial charge in [0.1, 0.15) is 0 Å². The maximum atomic E-state index is 6.12. The number of nitrogens with zero attached hydrogens (tertiary/aromatic N) is 1. The lowest BCUT2D eigenvalue weighted by molar-refractivity contribution is 0.207. The highest BCUT2D eigenvalue weighted by Gasteiger charge is 2.23. The van der Waals surface area contributed by atoms with Gasteiger partial charge in [0.25, 0.3) is 0 Å². The quantitative estimate of drug-likeness (QED) is 0.886. The minimum Gasteiger partial charge on any atom is -0.329 e. The Morgan fingerprint density at radius 3 is 2.50 bits per heavy atom. The average molecular weight is 315 g/mol. The number of likely N-dealkylation sites (tertiary alicyclic amines) is 1. The third kappa shape index (κ3) is 4.11. The standard InChI is InChI=1S/C16H24Cl2N2/c1-2-12-4-3-6-20(7-5-12)16(11-19)13-8-14(17)10-15(18)9-13/h8-10,12,16H,2-7,11,19H2,1H3. The van der Waals surface area contributed by atoms with Gasteiger partial charge in [-0.1, -0.05) is 36.5 Å². The Bertz CT molecular complexity index is 416. The summed E-state index contributed by atoms with van der Waals surface area (Å²) in [5, 5.41) is 1.37. The normalized spacial score (nSPS) is 22.5. The summed E-state index contributed by atoms with van der Waals surface area (Å²) in [6.07, 6.45) is 5.13. The van der Waals surface area contributed by atoms with Crippen LogP contribution in [0.25, 0.3) is 0 Å². The highest BCUT2D eigenvalue weighted by Crippen LogP contribution is 2.30. The second-order valence-corrected chi connectivity index (χ2v) is 6.57. The molecule has 0 aromatic heterocycles. The predicted octanol–water partition coefficient (Wildman–Crippen LogP) is 4.51. The van der Waals surface area contributed by atoms with Gasteiger partial charge in [0.15, 0.2) is 0 Å². The van der Waals surface area contributed by atoms with Crippen molar-refractivity contribution in [3.05, 3.63) is 33.8 Å². The van der Waals surface area contributed by atoms with Crippen molar-refractivity contribution in [2.75, 3.05) is 19.6 Å². The van der Waals surface area contributed by atoms with E-state index < -0.39 is 0 Å². The number of halogens is 2. The third-order valence-electron chi connectivity index (χ3n) is 4.39. The van der Waals surface area contributed by atoms with E-state index in [0.29, 0.717) is 16.6 Å². The van der Waals surface area contributed by atoms with Crippen molar-refractivity contribution in [3.8, 4) is 0 Å². The van der Waals surface area contributed by atoms with Crippen LogP contribution in [0.3, 0.4) is 0 Å². The van der Waals surface area contributed by atoms with Gasteiger partial charge < -0.3 is 5.73 Å². The SMILES string of the molecule is CCC1CCCN(C(CN)c2cc(Cl)cc(Cl)c2)CC1. The third-order valence-corrected chi connectivity index (χ3v) is 4.83. The van der Waals surface area contributed by atoms with E-state index in [1.54, 1.807) is 6.07 Å². The van der Waals surface area contributed by atoms with E-state index in [9.17, 15) is 0 Å². The maximum absolute atomic E-state index is 6.12. The van der Waals surface area contributed by atoms with Crippen LogP contribution in [0.5, 0.6) is 0 Å². The molecule has 1 fully saturated rings. The molecule has 1 aliphatic rings. The zero-order valence-electron chi connectivity index (χ0n) is 12.1. The molecule has 0 bridgehead atoms. The van der Waals surface area contributed by atoms with Gasteiger partial charge in [-0.05, 0) is 62.0 Å². The van der Waals surface area contributed by atoms with E-state index in [1.165, 1.54) is 25.7 Å². The fourth-order valence-corrected chi connectivity index (χ4v) is 3.71. The summed E-state index contributed by atoms with van der Waals surface area (Å²) < 4.78 is 0. The van der Waals surface area contributed by atoms with Crippen molar-refractivity contribution in [2.24, 2.45) is 11.7 Å². The first-order valence-electron chi connectivity index (χ1n) is 7.54. The zero-order chi connectivity index (χ0) is 14.5. The molecule has 0 spiro atoms. The lowest BCUT2D eigenvalue weighted by atomic mass is 9.98. The van der Waals surface area contributed by atoms with Crippen LogP contribution in [-0.4, -0.2) is 24.5 Å². The Labute approximate surface area is 132 Å². The second kappa shape index (κ2) is 7.65. The van der Waals surface area contributed by atoms with Crippen molar-refractivity contribution in [3.63, 3.8) is 0 Å². The molecule has 1 saturated heterocycles. The Morgan fingerprint density at radius 1 is 1.20 bits per heavy atom. The molecule has 2 atom stereocenters. The molecule has 2 rings (SSSR count). The summed E-state index contributed by atoms with van der Waals surface area (Å²) in [6.45, 7) is 5.12. The van der Waals surface area contributed by atoms with Gasteiger partial charge in [-0.15, -0.1) is 0 Å². The molecule has 0 radical (unpaired) electrons. The molecule has 4 heteroatoms. The summed E-state index contributed by atoms with van der Waals surface area (Å²) in [5.41, 5.74) is 7.16. The molecule has 2 nitrogen and oxygen atoms in total. The van der Waals surface area contributed by atoms with Gasteiger partial charge in [0.05, 0.1) is 0 Å². The predicted molar refractivity (Wildman–Crippen MR) is 87.5 cm³/mol. The fraction of sp³-hybridized carbons (Fsp3) is 0.625. The zero-order valence-corrected chi connectivity index (χ0v) is 13.6. The molecule has 2 unspecified atom stereocenters. The molecule has 1 aromatic rings. The number of benzene rings is 1. The first-order chi connectivity index (χ1) is 9.63. The molecule has 1 aromatic carbocycles. The molecule has 112 valence electrons. The van der Waals surface area contributed by atoms with Crippen LogP contribution in [0, 0.1) is 5.92 Å². The highest BCUT2D eigenvalue weighted by atomic mass is 35.5. The number of hydrogen-bond acceptors (Lipinski definition) is 2. The van der Waals surface area contributed by atoms with Crippen molar-refractivity contribution >= 4 is 23.2 Å². The number of rotatable bonds is 4. The van der Waals surface area contributed by atoms with Crippen LogP contribution < -0.4 is 5.73 Å². The topological polar surface area (TPSA) is 29.3 Å². The van der Waals surface area contributed by atoms with Gasteiger partial charge in [-0.2, -0.15) is 0 Å². The summed E-state index contributed by atoms with van der Waals surface area (Å²) in [5.74, 6) is 0.862. The summed E-state index contributed by atoms with van der Waals surface area (Å²) in [6, 6.07) is 5.98. The lowest BCUT2D eigenvalue weighted by Crippen LogP contribution is -2.34. The molecular weight excluding hydrogens is 291 g/mol. The molecule has 0 amide bonds. The fourth-order valence-electron chi connectivity index (χ4n) is 3.17. The smallest absolute Gasteiger partial charge is 0.0471 e. The molecule has 20 heavy (non-hydrogen) atoms. The van der Waals surface area contributed by atoms with Crippen molar-refractivity contribution in [2.45, 2.75) is 38.6 Å². The molecule has 1 heterocycles. The summed E-state index contributed by atoms with van der Waals surface area (Å²) >= 11 is 12.2. The molecule has 0 aliphatic carbocycles. The minimum absolute atomic E-state index is 0.224. The maximum Gasteiger partial charge on any atom is 0.0471 e. The Kier molecular flexibility index (Phi) is 6.16. The number of hydrogen-bond donors (Lipinski definition) is 1. The van der Waals surface area contributed by atoms with Gasteiger partial charge in [-0.25, -0.2) is 0 Å². The van der Waals surface area contributed by atoms with Crippen LogP contribution in [0.1, 0.15) is 44.2 Å². The molecular formula is C16H24Cl2N2. The van der Waals surface area contributed by atoms with Crippen LogP contribution in [-0.2, 0) is 0 Å². The van der Waals surface area contributed by atoms with E-state index in [1.807, 2.05) is 12.1 Å². The van der Waals surface area contributed by atoms with Crippen molar-refractivity contribution < 1.29 is 0 Å². The Morgan fingerprint density at radius 2 is 1.90 bits per heavy atom. The second-order valence-electron chi connectivity index (χ2n) is 5.70. The first kappa shape index (κ1) is 16.1. The van der Waals surface area contributed by atoms with E-state index in [4.69, 9.17) is 28.9 Å². The molecule has 1 aliphatic heterocycles. The first-order valence-corrected chi connectivity index (χ1v) is 8.29. The van der Waals surface area contributed by atoms with Gasteiger partial charge in [0, 0.05) is 22.6 Å². The van der Waals surface area contributed by atoms with Gasteiger partial charge in [-0.3, -0.25) is 4.90 Å². The van der Waals surface area contributed by atoms with Crippen molar-refractivity contribution in [1.29, 1.82) is 0 Å². The van der Waals surface area contributed by atoms with Crippen LogP contribution >= 0.6 is 23.2 Å². The molecule has 0 saturated carbocycles. The van der Waals surface area contributed by atoms with Crippen LogP contribution in [0.4, 0.5) is 0 Å². The van der Waals surface area contributed by atoms with Crippen LogP contribution in [0.2, 0.25) is 10.0 Å². The largest absolute Gasteiger partial charge is 0.329 e. The van der Waals surface area contributed by atoms with Crippen LogP contribution in [0.15, 0.2) is 18.2 Å². The van der Waals surface area contributed by atoms with Gasteiger partial charge >= 0.3 is 0 Å². The summed E-state index contributed by atoms with van der Waals surface area (Å²) in [4.78, 5) is 2.50. The average Bonchev–Trinajstić information content (AvgIpc) is 2.64. The molecule has 2 N–H and O–H groups in total. The van der Waals surface area contributed by atoms with E-state index in [-0.39, 0.29) is 6.04 Å². The number of nitrogens with two attached hydrogens (primary N) is 1. The van der Waals surface area contributed by atoms with E-state index >= 15 is 0 Å². The summed E-state index contributed by atoms with van der Waals surface area (Å²) in [7, 11) is 0. The van der Waals surface area contributed by atoms with Crippen molar-refractivity contribution in [1.82, 2.24) is 4.90 Å². The monoisotopic (exact) mass is 314 g/mol. The Hall–Kier alpha value is -0.280. The lowest BCUT2D eigenvalue weighted by Gasteiger charge is -2.30. The van der Waals surface area contributed by atoms with E-state index in [0.717, 1.165) is 24.6 Å². The minimum atomic E-state index is 0.224.